The molecule has 0 aromatic rings. The van der Waals surface area contributed by atoms with Gasteiger partial charge >= 0.3 is 0 Å². The number of hydrogen-bond acceptors (Lipinski definition) is 3. The molecule has 0 amide bonds. The topological polar surface area (TPSA) is 47.9 Å². The van der Waals surface area contributed by atoms with Crippen molar-refractivity contribution in [1.29, 1.82) is 5.41 Å². The van der Waals surface area contributed by atoms with Crippen molar-refractivity contribution in [2.24, 2.45) is 0 Å². The Morgan fingerprint density at radius 3 is 2.11 bits per heavy atom. The highest BCUT2D eigenvalue weighted by Crippen LogP contribution is 1.92. The first-order valence-electron chi connectivity index (χ1n) is 2.83. The number of nitrogens with one attached hydrogen (secondary N) is 3. The fraction of sp³-hybridized carbons (Fsp3) is 0.500. The highest BCUT2D eigenvalue weighted by atomic mass is 15.3. The molecule has 0 spiro atoms. The molecule has 0 atom stereocenters. The molecule has 0 aliphatic rings. The van der Waals surface area contributed by atoms with Crippen molar-refractivity contribution in [2.75, 3.05) is 7.05 Å². The Hall–Kier alpha value is -0.830. The number of rotatable bonds is 3. The molecule has 0 aliphatic carbocycles. The molecule has 0 saturated carbocycles. The van der Waals surface area contributed by atoms with E-state index in [1.54, 1.807) is 7.05 Å². The predicted molar refractivity (Wildman–Crippen MR) is 39.4 cm³/mol. The Balaban J connectivity index is 3.98. The molecule has 0 aliphatic heterocycles. The van der Waals surface area contributed by atoms with Crippen LogP contribution in [-0.2, 0) is 0 Å². The molecule has 0 rings (SSSR count). The monoisotopic (exact) mass is 127 g/mol. The predicted octanol–water partition coefficient (Wildman–Crippen LogP) is 0.654. The van der Waals surface area contributed by atoms with Crippen LogP contribution in [0.4, 0.5) is 0 Å². The largest absolute Gasteiger partial charge is 0.320 e. The second kappa shape index (κ2) is 4.09. The lowest BCUT2D eigenvalue weighted by atomic mass is 10.3. The van der Waals surface area contributed by atoms with E-state index in [9.17, 15) is 0 Å². The summed E-state index contributed by atoms with van der Waals surface area (Å²) < 4.78 is 0. The summed E-state index contributed by atoms with van der Waals surface area (Å²) in [6, 6.07) is 0. The summed E-state index contributed by atoms with van der Waals surface area (Å²) in [5.74, 6) is 0. The highest BCUT2D eigenvalue weighted by Gasteiger charge is 1.89. The van der Waals surface area contributed by atoms with E-state index in [0.29, 0.717) is 0 Å². The summed E-state index contributed by atoms with van der Waals surface area (Å²) in [7, 11) is 1.77. The van der Waals surface area contributed by atoms with Crippen LogP contribution in [0, 0.1) is 5.41 Å². The fourth-order valence-electron chi connectivity index (χ4n) is 0.440. The first kappa shape index (κ1) is 8.17. The zero-order chi connectivity index (χ0) is 7.28. The summed E-state index contributed by atoms with van der Waals surface area (Å²) in [5.41, 5.74) is 7.47. The van der Waals surface area contributed by atoms with Gasteiger partial charge in [-0.1, -0.05) is 5.57 Å². The Morgan fingerprint density at radius 1 is 1.44 bits per heavy atom. The van der Waals surface area contributed by atoms with Crippen molar-refractivity contribution in [3.63, 3.8) is 0 Å². The lowest BCUT2D eigenvalue weighted by Gasteiger charge is -2.04. The summed E-state index contributed by atoms with van der Waals surface area (Å²) in [6.07, 6.45) is 1.28. The summed E-state index contributed by atoms with van der Waals surface area (Å²) >= 11 is 0. The van der Waals surface area contributed by atoms with Gasteiger partial charge in [0.2, 0.25) is 0 Å². The van der Waals surface area contributed by atoms with Crippen LogP contribution in [0.2, 0.25) is 0 Å². The van der Waals surface area contributed by atoms with E-state index in [2.05, 4.69) is 10.9 Å². The molecule has 0 radical (unpaired) electrons. The van der Waals surface area contributed by atoms with E-state index in [0.717, 1.165) is 11.3 Å². The third-order valence-corrected chi connectivity index (χ3v) is 0.943. The third kappa shape index (κ3) is 2.87. The van der Waals surface area contributed by atoms with Crippen LogP contribution in [0.5, 0.6) is 0 Å². The van der Waals surface area contributed by atoms with Gasteiger partial charge in [0.05, 0.1) is 5.70 Å². The van der Waals surface area contributed by atoms with Gasteiger partial charge in [-0.3, -0.25) is 0 Å². The van der Waals surface area contributed by atoms with Crippen LogP contribution in [0.15, 0.2) is 11.3 Å². The molecule has 0 saturated heterocycles. The van der Waals surface area contributed by atoms with Gasteiger partial charge in [-0.25, -0.2) is 5.43 Å². The van der Waals surface area contributed by atoms with Crippen LogP contribution < -0.4 is 10.9 Å². The lowest BCUT2D eigenvalue weighted by molar-refractivity contribution is 0.707. The standard InChI is InChI=1S/C6H13N3/c1-5(2)6(4-7)9-8-3/h4,7-9H,1-3H3. The smallest absolute Gasteiger partial charge is 0.0649 e. The Bertz CT molecular complexity index is 122. The van der Waals surface area contributed by atoms with Crippen LogP contribution in [0.3, 0.4) is 0 Å². The molecule has 0 aromatic carbocycles. The molecule has 3 nitrogen and oxygen atoms in total. The zero-order valence-corrected chi connectivity index (χ0v) is 6.08. The van der Waals surface area contributed by atoms with E-state index in [-0.39, 0.29) is 0 Å². The van der Waals surface area contributed by atoms with Crippen molar-refractivity contribution >= 4 is 6.21 Å². The minimum absolute atomic E-state index is 0.817. The van der Waals surface area contributed by atoms with Crippen LogP contribution >= 0.6 is 0 Å². The number of allylic oxidation sites excluding steroid dienone is 2. The van der Waals surface area contributed by atoms with Gasteiger partial charge in [0.15, 0.2) is 0 Å². The van der Waals surface area contributed by atoms with Crippen molar-refractivity contribution in [1.82, 2.24) is 10.9 Å². The lowest BCUT2D eigenvalue weighted by Crippen LogP contribution is -2.27. The first-order valence-corrected chi connectivity index (χ1v) is 2.83. The molecule has 0 aromatic heterocycles. The molecular formula is C6H13N3. The van der Waals surface area contributed by atoms with E-state index < -0.39 is 0 Å². The molecule has 3 heteroatoms. The fourth-order valence-corrected chi connectivity index (χ4v) is 0.440. The van der Waals surface area contributed by atoms with E-state index in [1.807, 2.05) is 13.8 Å². The van der Waals surface area contributed by atoms with Crippen molar-refractivity contribution < 1.29 is 0 Å². The zero-order valence-electron chi connectivity index (χ0n) is 6.08. The minimum Gasteiger partial charge on any atom is -0.320 e. The first-order chi connectivity index (χ1) is 4.22. The Labute approximate surface area is 55.6 Å². The summed E-state index contributed by atoms with van der Waals surface area (Å²) in [5, 5.41) is 6.91. The number of hydrazine groups is 1. The van der Waals surface area contributed by atoms with Crippen LogP contribution in [0.1, 0.15) is 13.8 Å². The SMILES string of the molecule is CNNC(C=N)=C(C)C. The van der Waals surface area contributed by atoms with Crippen molar-refractivity contribution in [3.05, 3.63) is 11.3 Å². The molecule has 0 bridgehead atoms. The van der Waals surface area contributed by atoms with Gasteiger partial charge in [0.1, 0.15) is 0 Å². The maximum atomic E-state index is 6.91. The van der Waals surface area contributed by atoms with Gasteiger partial charge < -0.3 is 10.8 Å². The van der Waals surface area contributed by atoms with Gasteiger partial charge in [0, 0.05) is 13.3 Å². The molecule has 9 heavy (non-hydrogen) atoms. The van der Waals surface area contributed by atoms with Gasteiger partial charge in [-0.2, -0.15) is 0 Å². The average molecular weight is 127 g/mol. The highest BCUT2D eigenvalue weighted by molar-refractivity contribution is 5.75. The number of hydrogen-bond donors (Lipinski definition) is 3. The van der Waals surface area contributed by atoms with Gasteiger partial charge in [0.25, 0.3) is 0 Å². The molecular weight excluding hydrogens is 114 g/mol. The quantitative estimate of drug-likeness (QED) is 0.385. The Morgan fingerprint density at radius 2 is 2.00 bits per heavy atom. The van der Waals surface area contributed by atoms with E-state index >= 15 is 0 Å². The molecule has 0 unspecified atom stereocenters. The molecule has 3 N–H and O–H groups in total. The van der Waals surface area contributed by atoms with Crippen LogP contribution in [0.25, 0.3) is 0 Å². The second-order valence-corrected chi connectivity index (χ2v) is 1.93. The van der Waals surface area contributed by atoms with Crippen LogP contribution in [-0.4, -0.2) is 13.3 Å². The van der Waals surface area contributed by atoms with Gasteiger partial charge in [-0.15, -0.1) is 0 Å². The average Bonchev–Trinajstić information content (AvgIpc) is 1.82. The third-order valence-electron chi connectivity index (χ3n) is 0.943. The molecule has 0 heterocycles. The molecule has 0 fully saturated rings. The van der Waals surface area contributed by atoms with E-state index in [1.165, 1.54) is 6.21 Å². The Kier molecular flexibility index (Phi) is 3.71. The maximum absolute atomic E-state index is 6.91. The van der Waals surface area contributed by atoms with Gasteiger partial charge in [-0.05, 0) is 13.8 Å². The summed E-state index contributed by atoms with van der Waals surface area (Å²) in [6.45, 7) is 3.90. The van der Waals surface area contributed by atoms with E-state index in [4.69, 9.17) is 5.41 Å². The molecule has 52 valence electrons. The second-order valence-electron chi connectivity index (χ2n) is 1.93. The maximum Gasteiger partial charge on any atom is 0.0649 e. The normalized spacial score (nSPS) is 8.33. The van der Waals surface area contributed by atoms with Crippen molar-refractivity contribution in [2.45, 2.75) is 13.8 Å². The summed E-state index contributed by atoms with van der Waals surface area (Å²) in [4.78, 5) is 0. The minimum atomic E-state index is 0.817. The van der Waals surface area contributed by atoms with Crippen molar-refractivity contribution in [3.8, 4) is 0 Å².